The first-order chi connectivity index (χ1) is 43.0. The summed E-state index contributed by atoms with van der Waals surface area (Å²) in [5, 5.41) is 148. The topological polar surface area (TPSA) is 395 Å². The summed E-state index contributed by atoms with van der Waals surface area (Å²) in [6.07, 6.45) is 2.29. The van der Waals surface area contributed by atoms with Gasteiger partial charge in [-0.2, -0.15) is 0 Å². The van der Waals surface area contributed by atoms with Crippen LogP contribution in [0.2, 0.25) is 0 Å². The fraction of sp³-hybridized carbons (Fsp3) is 0.938. The Balaban J connectivity index is 1.35. The van der Waals surface area contributed by atoms with Crippen LogP contribution in [0.5, 0.6) is 0 Å². The van der Waals surface area contributed by atoms with Crippen molar-refractivity contribution >= 4 is 11.8 Å². The molecule has 4 fully saturated rings. The minimum Gasteiger partial charge on any atom is -0.394 e. The summed E-state index contributed by atoms with van der Waals surface area (Å²) in [5.74, 6) is -1.01. The highest BCUT2D eigenvalue weighted by atomic mass is 16.8. The summed E-state index contributed by atoms with van der Waals surface area (Å²) >= 11 is 0. The number of allylic oxidation sites excluding steroid dienone is 1. The number of nitrogens with one attached hydrogen (secondary N) is 2. The number of aliphatic hydroxyl groups excluding tert-OH is 13. The zero-order chi connectivity index (χ0) is 65.1. The van der Waals surface area contributed by atoms with Gasteiger partial charge in [-0.3, -0.25) is 9.59 Å². The number of ether oxygens (including phenoxy) is 8. The van der Waals surface area contributed by atoms with Crippen LogP contribution in [0.1, 0.15) is 213 Å². The minimum absolute atomic E-state index is 0.212. The monoisotopic (exact) mass is 1280 g/mol. The van der Waals surface area contributed by atoms with E-state index in [0.29, 0.717) is 12.8 Å². The largest absolute Gasteiger partial charge is 0.394 e. The molecule has 4 heterocycles. The summed E-state index contributed by atoms with van der Waals surface area (Å²) < 4.78 is 46.5. The predicted molar refractivity (Wildman–Crippen MR) is 326 cm³/mol. The van der Waals surface area contributed by atoms with Crippen LogP contribution in [0.25, 0.3) is 0 Å². The summed E-state index contributed by atoms with van der Waals surface area (Å²) in [6, 6.07) is -2.55. The van der Waals surface area contributed by atoms with Crippen LogP contribution in [0.3, 0.4) is 0 Å². The van der Waals surface area contributed by atoms with Gasteiger partial charge >= 0.3 is 0 Å². The van der Waals surface area contributed by atoms with Crippen LogP contribution < -0.4 is 10.6 Å². The van der Waals surface area contributed by atoms with Gasteiger partial charge in [0, 0.05) is 13.3 Å². The molecule has 522 valence electrons. The Hall–Kier alpha value is -2.16. The molecule has 0 spiro atoms. The number of aliphatic hydroxyl groups is 13. The predicted octanol–water partition coefficient (Wildman–Crippen LogP) is 2.56. The fourth-order valence-electron chi connectivity index (χ4n) is 12.1. The van der Waals surface area contributed by atoms with E-state index in [-0.39, 0.29) is 12.3 Å². The van der Waals surface area contributed by atoms with Gasteiger partial charge in [-0.25, -0.2) is 0 Å². The molecule has 0 bridgehead atoms. The highest BCUT2D eigenvalue weighted by Crippen LogP contribution is 2.35. The van der Waals surface area contributed by atoms with E-state index in [1.54, 1.807) is 6.08 Å². The van der Waals surface area contributed by atoms with Crippen molar-refractivity contribution in [1.82, 2.24) is 10.6 Å². The quantitative estimate of drug-likeness (QED) is 0.0307. The molecule has 2 amide bonds. The number of amides is 2. The van der Waals surface area contributed by atoms with Gasteiger partial charge in [0.05, 0.1) is 45.2 Å². The molecule has 22 atom stereocenters. The first-order valence-electron chi connectivity index (χ1n) is 33.9. The molecule has 0 aromatic rings. The number of hydrogen-bond donors (Lipinski definition) is 15. The van der Waals surface area contributed by atoms with Crippen molar-refractivity contribution in [2.75, 3.05) is 33.0 Å². The first-order valence-corrected chi connectivity index (χ1v) is 33.9. The average Bonchev–Trinajstić information content (AvgIpc) is 1.11. The lowest BCUT2D eigenvalue weighted by molar-refractivity contribution is -0.387. The van der Waals surface area contributed by atoms with Gasteiger partial charge in [0.15, 0.2) is 25.2 Å². The maximum Gasteiger partial charge on any atom is 0.220 e. The summed E-state index contributed by atoms with van der Waals surface area (Å²) in [4.78, 5) is 25.5. The number of hydrogen-bond acceptors (Lipinski definition) is 23. The van der Waals surface area contributed by atoms with E-state index in [4.69, 9.17) is 37.9 Å². The molecule has 25 nitrogen and oxygen atoms in total. The zero-order valence-electron chi connectivity index (χ0n) is 53.5. The normalized spacial score (nSPS) is 33.3. The molecule has 0 aliphatic carbocycles. The summed E-state index contributed by atoms with van der Waals surface area (Å²) in [5.41, 5.74) is 0. The lowest BCUT2D eigenvalue weighted by atomic mass is 9.95. The Morgan fingerprint density at radius 2 is 0.820 bits per heavy atom. The van der Waals surface area contributed by atoms with Crippen molar-refractivity contribution in [2.45, 2.75) is 348 Å². The highest BCUT2D eigenvalue weighted by molar-refractivity contribution is 5.76. The molecule has 4 saturated heterocycles. The van der Waals surface area contributed by atoms with E-state index >= 15 is 0 Å². The van der Waals surface area contributed by atoms with Crippen molar-refractivity contribution < 1.29 is 114 Å². The molecule has 0 aromatic carbocycles. The summed E-state index contributed by atoms with van der Waals surface area (Å²) in [6.45, 7) is 1.59. The second kappa shape index (κ2) is 45.3. The first kappa shape index (κ1) is 79.3. The van der Waals surface area contributed by atoms with Crippen LogP contribution in [0.15, 0.2) is 12.2 Å². The third kappa shape index (κ3) is 27.2. The average molecular weight is 1280 g/mol. The third-order valence-electron chi connectivity index (χ3n) is 17.6. The highest BCUT2D eigenvalue weighted by Gasteiger charge is 2.56. The van der Waals surface area contributed by atoms with Gasteiger partial charge < -0.3 is 115 Å². The van der Waals surface area contributed by atoms with Crippen LogP contribution in [-0.4, -0.2) is 246 Å². The molecule has 15 N–H and O–H groups in total. The summed E-state index contributed by atoms with van der Waals surface area (Å²) in [7, 11) is 0. The van der Waals surface area contributed by atoms with E-state index in [1.165, 1.54) is 128 Å². The van der Waals surface area contributed by atoms with Gasteiger partial charge in [0.25, 0.3) is 0 Å². The maximum atomic E-state index is 13.4. The Labute approximate surface area is 528 Å². The van der Waals surface area contributed by atoms with Crippen LogP contribution in [-0.2, 0) is 47.5 Å². The van der Waals surface area contributed by atoms with Crippen LogP contribution in [0.4, 0.5) is 0 Å². The number of carbonyl (C=O) groups excluding carboxylic acids is 2. The Morgan fingerprint density at radius 3 is 1.26 bits per heavy atom. The van der Waals surface area contributed by atoms with E-state index < -0.39 is 174 Å². The Bertz CT molecular complexity index is 1860. The SMILES string of the molecule is CCCCCCCCCCCCC/C=C/[C@@H](O)[C@H](CO[C@@H]1OC(CO)[C@@H](O[C@@H]2OC(CO)[C@H](O)[C@H](O[C@H]3OC(CO)[C@H](O)[C@H](O[C@@H]4OC(CO)[C@@H](O)[C@H](O)C4NC(C)=O)C3O)C2O)[C@H](O)C1O)NC(=O)CCCCCCCCCCCCCCCCCCC. The molecule has 89 heavy (non-hydrogen) atoms. The molecule has 4 aliphatic heterocycles. The van der Waals surface area contributed by atoms with Crippen molar-refractivity contribution in [1.29, 1.82) is 0 Å². The van der Waals surface area contributed by atoms with Gasteiger partial charge in [-0.1, -0.05) is 193 Å². The van der Waals surface area contributed by atoms with Crippen molar-refractivity contribution in [2.24, 2.45) is 0 Å². The molecule has 0 aromatic heterocycles. The molecular formula is C64H118N2O23. The van der Waals surface area contributed by atoms with E-state index in [9.17, 15) is 76.0 Å². The molecule has 8 unspecified atom stereocenters. The van der Waals surface area contributed by atoms with Gasteiger partial charge in [-0.15, -0.1) is 0 Å². The van der Waals surface area contributed by atoms with Crippen LogP contribution >= 0.6 is 0 Å². The van der Waals surface area contributed by atoms with Crippen molar-refractivity contribution in [3.8, 4) is 0 Å². The van der Waals surface area contributed by atoms with Crippen molar-refractivity contribution in [3.05, 3.63) is 12.2 Å². The number of carbonyl (C=O) groups is 2. The molecule has 0 radical (unpaired) electrons. The third-order valence-corrected chi connectivity index (χ3v) is 17.6. The van der Waals surface area contributed by atoms with E-state index in [0.717, 1.165) is 51.9 Å². The minimum atomic E-state index is -2.11. The molecule has 25 heteroatoms. The molecule has 0 saturated carbocycles. The van der Waals surface area contributed by atoms with Crippen molar-refractivity contribution in [3.63, 3.8) is 0 Å². The molecular weight excluding hydrogens is 1160 g/mol. The van der Waals surface area contributed by atoms with Gasteiger partial charge in [-0.05, 0) is 19.3 Å². The molecule has 4 aliphatic rings. The molecule has 4 rings (SSSR count). The van der Waals surface area contributed by atoms with Gasteiger partial charge in [0.2, 0.25) is 11.8 Å². The van der Waals surface area contributed by atoms with E-state index in [2.05, 4.69) is 24.5 Å². The Morgan fingerprint density at radius 1 is 0.438 bits per heavy atom. The maximum absolute atomic E-state index is 13.4. The second-order valence-electron chi connectivity index (χ2n) is 25.0. The fourth-order valence-corrected chi connectivity index (χ4v) is 12.1. The second-order valence-corrected chi connectivity index (χ2v) is 25.0. The smallest absolute Gasteiger partial charge is 0.220 e. The van der Waals surface area contributed by atoms with E-state index in [1.807, 2.05) is 6.08 Å². The number of unbranched alkanes of at least 4 members (excludes halogenated alkanes) is 27. The lowest BCUT2D eigenvalue weighted by Crippen LogP contribution is -2.69. The van der Waals surface area contributed by atoms with Crippen LogP contribution in [0, 0.1) is 0 Å². The lowest BCUT2D eigenvalue weighted by Gasteiger charge is -2.49. The Kier molecular flexibility index (Phi) is 40.3. The van der Waals surface area contributed by atoms with Gasteiger partial charge in [0.1, 0.15) is 97.6 Å². The zero-order valence-corrected chi connectivity index (χ0v) is 53.5. The number of rotatable bonds is 47. The standard InChI is InChI=1S/C64H118N2O23/c1-4-6-8-10-12-14-16-18-19-20-21-23-25-27-29-31-33-35-48(73)66-42(43(72)34-32-30-28-26-24-22-17-15-13-11-9-7-5-2)40-82-62-55(79)54(78)58(47(39-70)86-62)87-63-57(81)60(52(76)46(38-69)84-63)89-64-56(80)59(51(75)45(37-68)85-64)88-61-49(65-41(3)71)53(77)50(74)44(36-67)83-61/h32,34,42-47,49-64,67-70,72,74-81H,4-31,33,35-40H2,1-3H3,(H,65,71)(H,66,73)/b34-32+/t42-,43+,44?,45?,46?,47?,49?,50+,51-,52-,53+,54+,55?,56?,57?,58+,59-,60-,61-,62+,63-,64+/m0/s1.